The molecule has 0 aliphatic carbocycles. The molecule has 0 bridgehead atoms. The van der Waals surface area contributed by atoms with Gasteiger partial charge in [-0.1, -0.05) is 72.4 Å². The van der Waals surface area contributed by atoms with Crippen LogP contribution in [-0.2, 0) is 4.74 Å². The molecule has 4 nitrogen and oxygen atoms in total. The summed E-state index contributed by atoms with van der Waals surface area (Å²) in [6.07, 6.45) is 0. The molecule has 0 fully saturated rings. The fourth-order valence-electron chi connectivity index (χ4n) is 6.48. The van der Waals surface area contributed by atoms with Gasteiger partial charge in [-0.25, -0.2) is 9.59 Å². The molecule has 0 atom stereocenters. The summed E-state index contributed by atoms with van der Waals surface area (Å²) in [6, 6.07) is 35.5. The summed E-state index contributed by atoms with van der Waals surface area (Å²) in [7, 11) is 0. The summed E-state index contributed by atoms with van der Waals surface area (Å²) in [5, 5.41) is 8.19. The molecule has 0 saturated carbocycles. The van der Waals surface area contributed by atoms with E-state index in [1.807, 2.05) is 12.1 Å². The summed E-state index contributed by atoms with van der Waals surface area (Å²) in [4.78, 5) is 30.0. The van der Waals surface area contributed by atoms with E-state index in [-0.39, 0.29) is 0 Å². The summed E-state index contributed by atoms with van der Waals surface area (Å²) in [5.74, 6) is -1.17. The number of hydrogen-bond donors (Lipinski definition) is 0. The predicted molar refractivity (Wildman–Crippen MR) is 156 cm³/mol. The average molecular weight is 520 g/mol. The maximum absolute atomic E-state index is 12.6. The molecule has 2 heterocycles. The van der Waals surface area contributed by atoms with Gasteiger partial charge in [-0.15, -0.1) is 0 Å². The Morgan fingerprint density at radius 1 is 0.462 bits per heavy atom. The van der Waals surface area contributed by atoms with Crippen LogP contribution in [0.2, 0.25) is 0 Å². The fourth-order valence-corrected chi connectivity index (χ4v) is 7.54. The lowest BCUT2D eigenvalue weighted by molar-refractivity contribution is 0.0391. The summed E-state index contributed by atoms with van der Waals surface area (Å²) in [6.45, 7) is 0. The Morgan fingerprint density at radius 3 is 1.67 bits per heavy atom. The van der Waals surface area contributed by atoms with Gasteiger partial charge in [-0.2, -0.15) is 0 Å². The minimum atomic E-state index is -0.587. The zero-order valence-corrected chi connectivity index (χ0v) is 21.2. The Bertz CT molecular complexity index is 2120. The minimum Gasteiger partial charge on any atom is -0.386 e. The number of hydrogen-bond acceptors (Lipinski definition) is 5. The smallest absolute Gasteiger partial charge is 0.346 e. The quantitative estimate of drug-likeness (QED) is 0.0937. The molecule has 0 spiro atoms. The second-order valence-corrected chi connectivity index (χ2v) is 11.1. The molecule has 0 amide bonds. The molecule has 0 radical (unpaired) electrons. The van der Waals surface area contributed by atoms with Crippen molar-refractivity contribution in [2.45, 2.75) is 9.79 Å². The van der Waals surface area contributed by atoms with Gasteiger partial charge in [0, 0.05) is 20.6 Å². The SMILES string of the molecule is O=C1OC(=O)c2ccc3c4ccc(N5c6ccccc6Sc6ccccc65)c5cccc(c6ccc1c2c63)c54. The third-order valence-electron chi connectivity index (χ3n) is 8.06. The van der Waals surface area contributed by atoms with E-state index in [0.29, 0.717) is 16.5 Å². The fraction of sp³-hybridized carbons (Fsp3) is 0. The van der Waals surface area contributed by atoms with Gasteiger partial charge < -0.3 is 9.64 Å². The maximum atomic E-state index is 12.6. The Labute approximate surface area is 226 Å². The third kappa shape index (κ3) is 2.65. The second kappa shape index (κ2) is 7.37. The van der Waals surface area contributed by atoms with E-state index in [1.165, 1.54) is 15.2 Å². The van der Waals surface area contributed by atoms with E-state index in [2.05, 4.69) is 83.8 Å². The van der Waals surface area contributed by atoms with Gasteiger partial charge in [0.05, 0.1) is 28.2 Å². The van der Waals surface area contributed by atoms with Crippen molar-refractivity contribution in [3.8, 4) is 0 Å². The molecule has 7 aromatic rings. The topological polar surface area (TPSA) is 46.6 Å². The van der Waals surface area contributed by atoms with Gasteiger partial charge in [0.25, 0.3) is 0 Å². The number of ether oxygens (including phenoxy) is 1. The Hall–Kier alpha value is -4.87. The number of nitrogens with zero attached hydrogens (tertiary/aromatic N) is 1. The number of esters is 2. The van der Waals surface area contributed by atoms with Crippen molar-refractivity contribution in [3.05, 3.63) is 114 Å². The Balaban J connectivity index is 1.43. The number of para-hydroxylation sites is 2. The number of rotatable bonds is 1. The van der Waals surface area contributed by atoms with Gasteiger partial charge in [0.15, 0.2) is 0 Å². The first kappa shape index (κ1) is 21.1. The zero-order valence-electron chi connectivity index (χ0n) is 20.4. The highest BCUT2D eigenvalue weighted by atomic mass is 32.2. The number of carbonyl (C=O) groups is 2. The molecule has 2 aliphatic rings. The zero-order chi connectivity index (χ0) is 25.8. The maximum Gasteiger partial charge on any atom is 0.346 e. The van der Waals surface area contributed by atoms with E-state index in [1.54, 1.807) is 23.9 Å². The van der Waals surface area contributed by atoms with Crippen molar-refractivity contribution in [1.82, 2.24) is 0 Å². The van der Waals surface area contributed by atoms with Crippen LogP contribution >= 0.6 is 11.8 Å². The van der Waals surface area contributed by atoms with Crippen molar-refractivity contribution < 1.29 is 14.3 Å². The second-order valence-electron chi connectivity index (χ2n) is 9.98. The van der Waals surface area contributed by atoms with Crippen LogP contribution in [0.5, 0.6) is 0 Å². The van der Waals surface area contributed by atoms with Gasteiger partial charge in [-0.05, 0) is 74.8 Å². The summed E-state index contributed by atoms with van der Waals surface area (Å²) >= 11 is 1.80. The summed E-state index contributed by atoms with van der Waals surface area (Å²) < 4.78 is 5.02. The monoisotopic (exact) mass is 519 g/mol. The van der Waals surface area contributed by atoms with Crippen LogP contribution in [0.1, 0.15) is 20.7 Å². The van der Waals surface area contributed by atoms with E-state index in [4.69, 9.17) is 4.74 Å². The van der Waals surface area contributed by atoms with Crippen molar-refractivity contribution in [3.63, 3.8) is 0 Å². The number of anilines is 3. The number of cyclic esters (lactones) is 2. The Morgan fingerprint density at radius 2 is 1.00 bits per heavy atom. The lowest BCUT2D eigenvalue weighted by Gasteiger charge is -2.34. The first-order chi connectivity index (χ1) is 19.2. The molecule has 39 heavy (non-hydrogen) atoms. The molecule has 7 aromatic carbocycles. The first-order valence-corrected chi connectivity index (χ1v) is 13.6. The molecule has 0 saturated heterocycles. The van der Waals surface area contributed by atoms with E-state index in [0.717, 1.165) is 49.4 Å². The molecule has 5 heteroatoms. The van der Waals surface area contributed by atoms with Crippen molar-refractivity contribution in [1.29, 1.82) is 0 Å². The molecule has 9 rings (SSSR count). The van der Waals surface area contributed by atoms with Crippen molar-refractivity contribution in [2.24, 2.45) is 0 Å². The summed E-state index contributed by atoms with van der Waals surface area (Å²) in [5.41, 5.74) is 4.32. The van der Waals surface area contributed by atoms with Crippen LogP contribution in [0.15, 0.2) is 113 Å². The minimum absolute atomic E-state index is 0.441. The predicted octanol–water partition coefficient (Wildman–Crippen LogP) is 8.98. The van der Waals surface area contributed by atoms with E-state index >= 15 is 0 Å². The van der Waals surface area contributed by atoms with Crippen molar-refractivity contribution in [2.75, 3.05) is 4.90 Å². The lowest BCUT2D eigenvalue weighted by Crippen LogP contribution is -2.19. The number of fused-ring (bicyclic) bond motifs is 4. The molecule has 2 aliphatic heterocycles. The van der Waals surface area contributed by atoms with E-state index < -0.39 is 11.9 Å². The number of carbonyl (C=O) groups excluding carboxylic acids is 2. The molecular formula is C34H17NO3S. The lowest BCUT2D eigenvalue weighted by atomic mass is 9.85. The van der Waals surface area contributed by atoms with Crippen LogP contribution in [0, 0.1) is 0 Å². The average Bonchev–Trinajstić information content (AvgIpc) is 2.97. The van der Waals surface area contributed by atoms with Crippen LogP contribution in [-0.4, -0.2) is 11.9 Å². The normalized spacial score (nSPS) is 14.3. The van der Waals surface area contributed by atoms with Crippen LogP contribution in [0.4, 0.5) is 17.1 Å². The van der Waals surface area contributed by atoms with Crippen molar-refractivity contribution >= 4 is 83.9 Å². The van der Waals surface area contributed by atoms with Gasteiger partial charge in [0.2, 0.25) is 0 Å². The van der Waals surface area contributed by atoms with E-state index in [9.17, 15) is 9.59 Å². The molecule has 0 aromatic heterocycles. The molecule has 182 valence electrons. The highest BCUT2D eigenvalue weighted by molar-refractivity contribution is 7.99. The first-order valence-electron chi connectivity index (χ1n) is 12.8. The van der Waals surface area contributed by atoms with Gasteiger partial charge in [-0.3, -0.25) is 0 Å². The largest absolute Gasteiger partial charge is 0.386 e. The van der Waals surface area contributed by atoms with Crippen LogP contribution in [0.3, 0.4) is 0 Å². The highest BCUT2D eigenvalue weighted by Crippen LogP contribution is 2.53. The van der Waals surface area contributed by atoms with Gasteiger partial charge in [0.1, 0.15) is 0 Å². The third-order valence-corrected chi connectivity index (χ3v) is 9.19. The highest BCUT2D eigenvalue weighted by Gasteiger charge is 2.30. The van der Waals surface area contributed by atoms with Crippen LogP contribution < -0.4 is 4.90 Å². The molecule has 0 unspecified atom stereocenters. The van der Waals surface area contributed by atoms with Crippen LogP contribution in [0.25, 0.3) is 43.1 Å². The molecule has 0 N–H and O–H groups in total. The van der Waals surface area contributed by atoms with Gasteiger partial charge >= 0.3 is 11.9 Å². The number of benzene rings is 7. The Kier molecular flexibility index (Phi) is 3.99. The molecular weight excluding hydrogens is 502 g/mol. The standard InChI is InChI=1S/C34H17NO3S/c36-33-23-14-12-20-18-6-5-7-22-25(35-26-8-1-3-10-28(26)39-29-11-4-2-9-27(29)35)17-16-19(30(18)22)21-13-15-24(34(37)38-33)32(23)31(20)21/h1-17H.